The quantitative estimate of drug-likeness (QED) is 0.867. The molecule has 5 heteroatoms. The molecule has 90 valence electrons. The fourth-order valence-electron chi connectivity index (χ4n) is 1.27. The molecule has 0 aliphatic rings. The predicted octanol–water partition coefficient (Wildman–Crippen LogP) is 2.87. The molecule has 0 aliphatic carbocycles. The average Bonchev–Trinajstić information content (AvgIpc) is 2.18. The molecular weight excluding hydrogens is 219 g/mol. The number of hydrogen-bond donors (Lipinski definition) is 1. The van der Waals surface area contributed by atoms with Gasteiger partial charge in [-0.15, -0.1) is 13.2 Å². The molecule has 0 unspecified atom stereocenters. The minimum absolute atomic E-state index is 0.0365. The number of ether oxygens (including phenoxy) is 1. The minimum atomic E-state index is -4.64. The van der Waals surface area contributed by atoms with Crippen LogP contribution in [0, 0.1) is 0 Å². The topological polar surface area (TPSA) is 35.2 Å². The van der Waals surface area contributed by atoms with E-state index >= 15 is 0 Å². The molecule has 0 fully saturated rings. The van der Waals surface area contributed by atoms with E-state index in [4.69, 9.17) is 5.73 Å². The Kier molecular flexibility index (Phi) is 4.18. The first-order chi connectivity index (χ1) is 7.40. The van der Waals surface area contributed by atoms with Crippen molar-refractivity contribution in [2.24, 2.45) is 5.73 Å². The van der Waals surface area contributed by atoms with Gasteiger partial charge in [0.1, 0.15) is 5.75 Å². The monoisotopic (exact) mass is 233 g/mol. The molecule has 0 amide bonds. The molecule has 1 rings (SSSR count). The fourth-order valence-corrected chi connectivity index (χ4v) is 1.27. The van der Waals surface area contributed by atoms with Crippen LogP contribution in [0.5, 0.6) is 5.75 Å². The summed E-state index contributed by atoms with van der Waals surface area (Å²) in [5.74, 6) is -0.207. The Morgan fingerprint density at radius 3 is 2.25 bits per heavy atom. The highest BCUT2D eigenvalue weighted by Gasteiger charge is 2.30. The van der Waals surface area contributed by atoms with Crippen LogP contribution in [0.1, 0.15) is 18.9 Å². The Morgan fingerprint density at radius 1 is 1.25 bits per heavy atom. The molecule has 16 heavy (non-hydrogen) atoms. The molecule has 0 saturated heterocycles. The highest BCUT2D eigenvalue weighted by atomic mass is 19.4. The molecular formula is C11H14F3NO. The first-order valence-electron chi connectivity index (χ1n) is 5.01. The summed E-state index contributed by atoms with van der Waals surface area (Å²) in [5.41, 5.74) is 6.64. The molecule has 0 spiro atoms. The van der Waals surface area contributed by atoms with Gasteiger partial charge in [0.25, 0.3) is 0 Å². The number of benzene rings is 1. The molecule has 1 aromatic carbocycles. The van der Waals surface area contributed by atoms with Gasteiger partial charge in [-0.05, 0) is 30.5 Å². The van der Waals surface area contributed by atoms with Crippen molar-refractivity contribution in [1.29, 1.82) is 0 Å². The van der Waals surface area contributed by atoms with Crippen LogP contribution in [0.25, 0.3) is 0 Å². The van der Waals surface area contributed by atoms with Gasteiger partial charge in [0.2, 0.25) is 0 Å². The van der Waals surface area contributed by atoms with Crippen LogP contribution in [0.4, 0.5) is 13.2 Å². The third kappa shape index (κ3) is 4.53. The van der Waals surface area contributed by atoms with Crippen molar-refractivity contribution >= 4 is 0 Å². The summed E-state index contributed by atoms with van der Waals surface area (Å²) < 4.78 is 39.3. The van der Waals surface area contributed by atoms with Crippen molar-refractivity contribution in [2.45, 2.75) is 32.2 Å². The molecule has 0 heterocycles. The summed E-state index contributed by atoms with van der Waals surface area (Å²) in [6.07, 6.45) is -3.15. The SMILES string of the molecule is CC[C@@H](N)Cc1ccc(OC(F)(F)F)cc1. The Bertz CT molecular complexity index is 321. The maximum absolute atomic E-state index is 11.9. The van der Waals surface area contributed by atoms with E-state index in [-0.39, 0.29) is 11.8 Å². The molecule has 0 saturated carbocycles. The van der Waals surface area contributed by atoms with E-state index in [9.17, 15) is 13.2 Å². The lowest BCUT2D eigenvalue weighted by molar-refractivity contribution is -0.274. The third-order valence-electron chi connectivity index (χ3n) is 2.18. The molecule has 1 aromatic rings. The number of nitrogens with two attached hydrogens (primary N) is 1. The number of alkyl halides is 3. The van der Waals surface area contributed by atoms with E-state index in [1.807, 2.05) is 6.92 Å². The predicted molar refractivity (Wildman–Crippen MR) is 55.1 cm³/mol. The Hall–Kier alpha value is -1.23. The fraction of sp³-hybridized carbons (Fsp3) is 0.455. The second kappa shape index (κ2) is 5.21. The normalized spacial score (nSPS) is 13.6. The van der Waals surface area contributed by atoms with Gasteiger partial charge in [-0.25, -0.2) is 0 Å². The van der Waals surface area contributed by atoms with E-state index in [2.05, 4.69) is 4.74 Å². The smallest absolute Gasteiger partial charge is 0.406 e. The van der Waals surface area contributed by atoms with Gasteiger partial charge in [0, 0.05) is 6.04 Å². The molecule has 0 aromatic heterocycles. The summed E-state index contributed by atoms with van der Waals surface area (Å²) in [5, 5.41) is 0. The van der Waals surface area contributed by atoms with E-state index in [1.54, 1.807) is 12.1 Å². The van der Waals surface area contributed by atoms with Crippen molar-refractivity contribution in [3.05, 3.63) is 29.8 Å². The van der Waals surface area contributed by atoms with Gasteiger partial charge < -0.3 is 10.5 Å². The van der Waals surface area contributed by atoms with Crippen LogP contribution in [-0.4, -0.2) is 12.4 Å². The maximum Gasteiger partial charge on any atom is 0.573 e. The lowest BCUT2D eigenvalue weighted by Gasteiger charge is -2.11. The van der Waals surface area contributed by atoms with Crippen molar-refractivity contribution in [2.75, 3.05) is 0 Å². The van der Waals surface area contributed by atoms with E-state index < -0.39 is 6.36 Å². The first-order valence-corrected chi connectivity index (χ1v) is 5.01. The van der Waals surface area contributed by atoms with E-state index in [0.717, 1.165) is 12.0 Å². The summed E-state index contributed by atoms with van der Waals surface area (Å²) in [4.78, 5) is 0. The van der Waals surface area contributed by atoms with Gasteiger partial charge in [-0.3, -0.25) is 0 Å². The standard InChI is InChI=1S/C11H14F3NO/c1-2-9(15)7-8-3-5-10(6-4-8)16-11(12,13)14/h3-6,9H,2,7,15H2,1H3/t9-/m1/s1. The average molecular weight is 233 g/mol. The molecule has 1 atom stereocenters. The second-order valence-electron chi connectivity index (χ2n) is 3.56. The van der Waals surface area contributed by atoms with Crippen LogP contribution in [0.3, 0.4) is 0 Å². The van der Waals surface area contributed by atoms with Crippen molar-refractivity contribution in [3.8, 4) is 5.75 Å². The van der Waals surface area contributed by atoms with Crippen molar-refractivity contribution in [1.82, 2.24) is 0 Å². The highest BCUT2D eigenvalue weighted by molar-refractivity contribution is 5.27. The highest BCUT2D eigenvalue weighted by Crippen LogP contribution is 2.22. The maximum atomic E-state index is 11.9. The zero-order chi connectivity index (χ0) is 12.2. The molecule has 0 radical (unpaired) electrons. The van der Waals surface area contributed by atoms with Crippen LogP contribution < -0.4 is 10.5 Å². The van der Waals surface area contributed by atoms with Gasteiger partial charge >= 0.3 is 6.36 Å². The van der Waals surface area contributed by atoms with Crippen LogP contribution in [-0.2, 0) is 6.42 Å². The van der Waals surface area contributed by atoms with E-state index in [0.29, 0.717) is 6.42 Å². The van der Waals surface area contributed by atoms with Gasteiger partial charge in [-0.2, -0.15) is 0 Å². The van der Waals surface area contributed by atoms with E-state index in [1.165, 1.54) is 12.1 Å². The van der Waals surface area contributed by atoms with Crippen molar-refractivity contribution in [3.63, 3.8) is 0 Å². The Morgan fingerprint density at radius 2 is 1.81 bits per heavy atom. The van der Waals surface area contributed by atoms with Crippen LogP contribution in [0.15, 0.2) is 24.3 Å². The Balaban J connectivity index is 2.61. The molecule has 0 aliphatic heterocycles. The van der Waals surface area contributed by atoms with Crippen LogP contribution >= 0.6 is 0 Å². The van der Waals surface area contributed by atoms with Gasteiger partial charge in [-0.1, -0.05) is 19.1 Å². The van der Waals surface area contributed by atoms with Crippen molar-refractivity contribution < 1.29 is 17.9 Å². The minimum Gasteiger partial charge on any atom is -0.406 e. The first kappa shape index (κ1) is 12.8. The molecule has 0 bridgehead atoms. The molecule has 2 N–H and O–H groups in total. The Labute approximate surface area is 92.2 Å². The summed E-state index contributed by atoms with van der Waals surface area (Å²) in [7, 11) is 0. The van der Waals surface area contributed by atoms with Crippen LogP contribution in [0.2, 0.25) is 0 Å². The summed E-state index contributed by atoms with van der Waals surface area (Å²) in [6.45, 7) is 1.96. The summed E-state index contributed by atoms with van der Waals surface area (Å²) in [6, 6.07) is 5.82. The second-order valence-corrected chi connectivity index (χ2v) is 3.56. The lowest BCUT2D eigenvalue weighted by atomic mass is 10.1. The van der Waals surface area contributed by atoms with Gasteiger partial charge in [0.15, 0.2) is 0 Å². The van der Waals surface area contributed by atoms with Gasteiger partial charge in [0.05, 0.1) is 0 Å². The third-order valence-corrected chi connectivity index (χ3v) is 2.18. The lowest BCUT2D eigenvalue weighted by Crippen LogP contribution is -2.21. The molecule has 2 nitrogen and oxygen atoms in total. The largest absolute Gasteiger partial charge is 0.573 e. The zero-order valence-electron chi connectivity index (χ0n) is 8.92. The number of rotatable bonds is 4. The number of hydrogen-bond acceptors (Lipinski definition) is 2. The summed E-state index contributed by atoms with van der Waals surface area (Å²) >= 11 is 0. The zero-order valence-corrected chi connectivity index (χ0v) is 8.92. The number of halogens is 3.